The molecule has 4 aromatic rings. The first kappa shape index (κ1) is 20.9. The summed E-state index contributed by atoms with van der Waals surface area (Å²) < 4.78 is 8.06. The smallest absolute Gasteiger partial charge is 0.219 e. The molecule has 0 unspecified atom stereocenters. The third-order valence-electron chi connectivity index (χ3n) is 6.36. The normalized spacial score (nSPS) is 14.7. The highest BCUT2D eigenvalue weighted by molar-refractivity contribution is 6.04. The third-order valence-corrected chi connectivity index (χ3v) is 6.36. The van der Waals surface area contributed by atoms with Gasteiger partial charge in [-0.1, -0.05) is 24.3 Å². The fourth-order valence-corrected chi connectivity index (χ4v) is 4.53. The lowest BCUT2D eigenvalue weighted by Gasteiger charge is -2.31. The molecule has 33 heavy (non-hydrogen) atoms. The molecular weight excluding hydrogens is 418 g/mol. The fourth-order valence-electron chi connectivity index (χ4n) is 4.53. The monoisotopic (exact) mass is 443 g/mol. The second-order valence-electron chi connectivity index (χ2n) is 8.46. The van der Waals surface area contributed by atoms with Gasteiger partial charge in [-0.3, -0.25) is 14.3 Å². The van der Waals surface area contributed by atoms with Crippen molar-refractivity contribution in [1.82, 2.24) is 19.7 Å². The standard InChI is InChI=1S/C25H25N5O3/c1-15(31)19-5-3-4-6-20(19)23-11-21-22(13-27-25(26)24(21)33-23)17-12-28-30(14-17)18-7-9-29(10-8-18)16(2)32/h3-6,11-14,18H,7-10H2,1-2H3,(H2,26,27). The maximum atomic E-state index is 12.1. The number of nitrogens with two attached hydrogens (primary N) is 1. The number of benzene rings is 1. The molecule has 0 atom stereocenters. The second kappa shape index (κ2) is 8.20. The Labute approximate surface area is 191 Å². The number of Topliss-reactive ketones (excluding diaryl/α,β-unsaturated/α-hetero) is 1. The molecule has 5 rings (SSSR count). The van der Waals surface area contributed by atoms with Crippen molar-refractivity contribution in [2.45, 2.75) is 32.7 Å². The van der Waals surface area contributed by atoms with Gasteiger partial charge in [-0.15, -0.1) is 0 Å². The summed E-state index contributed by atoms with van der Waals surface area (Å²) >= 11 is 0. The van der Waals surface area contributed by atoms with Crippen LogP contribution in [0.15, 0.2) is 53.3 Å². The van der Waals surface area contributed by atoms with Crippen LogP contribution < -0.4 is 5.73 Å². The van der Waals surface area contributed by atoms with E-state index in [0.29, 0.717) is 22.7 Å². The van der Waals surface area contributed by atoms with E-state index < -0.39 is 0 Å². The summed E-state index contributed by atoms with van der Waals surface area (Å²) in [6.07, 6.45) is 7.30. The second-order valence-corrected chi connectivity index (χ2v) is 8.46. The molecule has 1 aliphatic heterocycles. The number of pyridine rings is 1. The lowest BCUT2D eigenvalue weighted by Crippen LogP contribution is -2.37. The first-order valence-corrected chi connectivity index (χ1v) is 11.0. The van der Waals surface area contributed by atoms with E-state index in [2.05, 4.69) is 10.1 Å². The number of hydrogen-bond acceptors (Lipinski definition) is 6. The highest BCUT2D eigenvalue weighted by Gasteiger charge is 2.23. The van der Waals surface area contributed by atoms with Gasteiger partial charge in [-0.2, -0.15) is 5.10 Å². The van der Waals surface area contributed by atoms with E-state index >= 15 is 0 Å². The number of furan rings is 1. The molecule has 3 aromatic heterocycles. The molecule has 0 saturated carbocycles. The van der Waals surface area contributed by atoms with Crippen LogP contribution in [0.3, 0.4) is 0 Å². The summed E-state index contributed by atoms with van der Waals surface area (Å²) in [5.74, 6) is 0.951. The Morgan fingerprint density at radius 3 is 2.58 bits per heavy atom. The highest BCUT2D eigenvalue weighted by atomic mass is 16.3. The molecule has 8 nitrogen and oxygen atoms in total. The number of likely N-dealkylation sites (tertiary alicyclic amines) is 1. The number of carbonyl (C=O) groups excluding carboxylic acids is 2. The SMILES string of the molecule is CC(=O)c1ccccc1-c1cc2c(-c3cnn(C4CCN(C(C)=O)CC4)c3)cnc(N)c2o1. The number of piperidine rings is 1. The molecule has 168 valence electrons. The van der Waals surface area contributed by atoms with Crippen molar-refractivity contribution in [2.75, 3.05) is 18.8 Å². The van der Waals surface area contributed by atoms with Gasteiger partial charge in [0.1, 0.15) is 5.76 Å². The number of amides is 1. The molecule has 1 fully saturated rings. The molecule has 0 aliphatic carbocycles. The Bertz CT molecular complexity index is 1360. The zero-order chi connectivity index (χ0) is 23.1. The number of aromatic nitrogens is 3. The van der Waals surface area contributed by atoms with Crippen molar-refractivity contribution in [3.63, 3.8) is 0 Å². The first-order valence-electron chi connectivity index (χ1n) is 11.0. The van der Waals surface area contributed by atoms with Crippen LogP contribution in [0.1, 0.15) is 43.1 Å². The summed E-state index contributed by atoms with van der Waals surface area (Å²) in [5, 5.41) is 5.42. The zero-order valence-electron chi connectivity index (χ0n) is 18.6. The minimum Gasteiger partial charge on any atom is -0.452 e. The van der Waals surface area contributed by atoms with E-state index in [9.17, 15) is 9.59 Å². The Balaban J connectivity index is 1.51. The maximum Gasteiger partial charge on any atom is 0.219 e. The third kappa shape index (κ3) is 3.77. The molecular formula is C25H25N5O3. The average molecular weight is 444 g/mol. The number of nitrogens with zero attached hydrogens (tertiary/aromatic N) is 4. The minimum atomic E-state index is -0.0329. The summed E-state index contributed by atoms with van der Waals surface area (Å²) in [6, 6.07) is 9.51. The summed E-state index contributed by atoms with van der Waals surface area (Å²) in [7, 11) is 0. The molecule has 1 saturated heterocycles. The van der Waals surface area contributed by atoms with Gasteiger partial charge in [0.05, 0.1) is 12.2 Å². The number of hydrogen-bond donors (Lipinski definition) is 1. The van der Waals surface area contributed by atoms with Gasteiger partial charge in [0.15, 0.2) is 17.2 Å². The number of rotatable bonds is 4. The molecule has 1 aliphatic rings. The summed E-state index contributed by atoms with van der Waals surface area (Å²) in [6.45, 7) is 4.63. The van der Waals surface area contributed by atoms with Crippen molar-refractivity contribution in [3.8, 4) is 22.5 Å². The van der Waals surface area contributed by atoms with Crippen LogP contribution in [0, 0.1) is 0 Å². The van der Waals surface area contributed by atoms with Gasteiger partial charge in [-0.25, -0.2) is 4.98 Å². The highest BCUT2D eigenvalue weighted by Crippen LogP contribution is 2.38. The van der Waals surface area contributed by atoms with Crippen LogP contribution in [0.4, 0.5) is 5.82 Å². The number of carbonyl (C=O) groups is 2. The van der Waals surface area contributed by atoms with Gasteiger partial charge in [0, 0.05) is 60.0 Å². The summed E-state index contributed by atoms with van der Waals surface area (Å²) in [4.78, 5) is 29.9. The van der Waals surface area contributed by atoms with Crippen molar-refractivity contribution >= 4 is 28.5 Å². The van der Waals surface area contributed by atoms with Crippen LogP contribution in [0.5, 0.6) is 0 Å². The van der Waals surface area contributed by atoms with Gasteiger partial charge in [0.2, 0.25) is 5.91 Å². The first-order chi connectivity index (χ1) is 15.9. The van der Waals surface area contributed by atoms with E-state index in [1.54, 1.807) is 19.2 Å². The Kier molecular flexibility index (Phi) is 5.20. The van der Waals surface area contributed by atoms with E-state index in [0.717, 1.165) is 48.0 Å². The van der Waals surface area contributed by atoms with Gasteiger partial charge >= 0.3 is 0 Å². The number of anilines is 1. The minimum absolute atomic E-state index is 0.0329. The van der Waals surface area contributed by atoms with Crippen molar-refractivity contribution < 1.29 is 14.0 Å². The molecule has 1 amide bonds. The van der Waals surface area contributed by atoms with Gasteiger partial charge in [0.25, 0.3) is 0 Å². The van der Waals surface area contributed by atoms with Crippen LogP contribution in [0.2, 0.25) is 0 Å². The maximum absolute atomic E-state index is 12.1. The van der Waals surface area contributed by atoms with Crippen LogP contribution in [0.25, 0.3) is 33.4 Å². The molecule has 0 spiro atoms. The number of fused-ring (bicyclic) bond motifs is 1. The van der Waals surface area contributed by atoms with Crippen LogP contribution >= 0.6 is 0 Å². The fraction of sp³-hybridized carbons (Fsp3) is 0.280. The molecule has 1 aromatic carbocycles. The molecule has 8 heteroatoms. The van der Waals surface area contributed by atoms with Crippen molar-refractivity contribution in [3.05, 3.63) is 54.5 Å². The quantitative estimate of drug-likeness (QED) is 0.471. The van der Waals surface area contributed by atoms with Crippen LogP contribution in [-0.4, -0.2) is 44.4 Å². The lowest BCUT2D eigenvalue weighted by molar-refractivity contribution is -0.130. The zero-order valence-corrected chi connectivity index (χ0v) is 18.6. The van der Waals surface area contributed by atoms with Gasteiger partial charge < -0.3 is 15.1 Å². The number of nitrogen functional groups attached to an aromatic ring is 1. The summed E-state index contributed by atoms with van der Waals surface area (Å²) in [5.41, 5.74) is 9.70. The predicted octanol–water partition coefficient (Wildman–Crippen LogP) is 4.33. The number of ketones is 1. The van der Waals surface area contributed by atoms with Crippen molar-refractivity contribution in [1.29, 1.82) is 0 Å². The van der Waals surface area contributed by atoms with E-state index in [-0.39, 0.29) is 17.7 Å². The molecule has 0 bridgehead atoms. The van der Waals surface area contributed by atoms with Crippen LogP contribution in [-0.2, 0) is 4.79 Å². The largest absolute Gasteiger partial charge is 0.452 e. The Morgan fingerprint density at radius 2 is 1.85 bits per heavy atom. The molecule has 2 N–H and O–H groups in total. The van der Waals surface area contributed by atoms with Crippen molar-refractivity contribution in [2.24, 2.45) is 0 Å². The molecule has 4 heterocycles. The lowest BCUT2D eigenvalue weighted by atomic mass is 10.0. The topological polar surface area (TPSA) is 107 Å². The van der Waals surface area contributed by atoms with E-state index in [1.165, 1.54) is 6.92 Å². The van der Waals surface area contributed by atoms with E-state index in [4.69, 9.17) is 10.2 Å². The average Bonchev–Trinajstić information content (AvgIpc) is 3.48. The predicted molar refractivity (Wildman–Crippen MR) is 126 cm³/mol. The molecule has 0 radical (unpaired) electrons. The van der Waals surface area contributed by atoms with E-state index in [1.807, 2.05) is 46.2 Å². The van der Waals surface area contributed by atoms with Gasteiger partial charge in [-0.05, 0) is 25.8 Å². The Hall–Kier alpha value is -3.94. The Morgan fingerprint density at radius 1 is 1.09 bits per heavy atom.